The minimum absolute atomic E-state index is 0.180. The largest absolute Gasteiger partial charge is 0.481 e. The summed E-state index contributed by atoms with van der Waals surface area (Å²) >= 11 is 0. The molecule has 1 N–H and O–H groups in total. The Morgan fingerprint density at radius 2 is 2.06 bits per heavy atom. The van der Waals surface area contributed by atoms with Crippen molar-refractivity contribution in [3.63, 3.8) is 0 Å². The van der Waals surface area contributed by atoms with Crippen molar-refractivity contribution in [1.82, 2.24) is 4.98 Å². The Hall–Kier alpha value is -2.11. The SMILES string of the molecule is COC(=O)c1cc(CC(=O)O)nc(OC)c1. The molecule has 0 aromatic carbocycles. The maximum atomic E-state index is 11.3. The van der Waals surface area contributed by atoms with Crippen LogP contribution in [0.2, 0.25) is 0 Å². The molecule has 1 aromatic heterocycles. The molecule has 0 bridgehead atoms. The Morgan fingerprint density at radius 3 is 2.56 bits per heavy atom. The molecule has 0 spiro atoms. The zero-order valence-corrected chi connectivity index (χ0v) is 8.89. The molecule has 0 amide bonds. The number of methoxy groups -OCH3 is 2. The molecule has 0 aliphatic rings. The second-order valence-corrected chi connectivity index (χ2v) is 2.95. The summed E-state index contributed by atoms with van der Waals surface area (Å²) in [5.74, 6) is -1.41. The molecule has 16 heavy (non-hydrogen) atoms. The molecule has 1 rings (SSSR count). The van der Waals surface area contributed by atoms with E-state index in [9.17, 15) is 9.59 Å². The second kappa shape index (κ2) is 5.11. The molecule has 0 atom stereocenters. The van der Waals surface area contributed by atoms with Gasteiger partial charge in [-0.05, 0) is 6.07 Å². The lowest BCUT2D eigenvalue weighted by Gasteiger charge is -2.05. The summed E-state index contributed by atoms with van der Waals surface area (Å²) in [5.41, 5.74) is 0.456. The van der Waals surface area contributed by atoms with Gasteiger partial charge in [0, 0.05) is 6.07 Å². The maximum Gasteiger partial charge on any atom is 0.338 e. The van der Waals surface area contributed by atoms with Crippen LogP contribution in [-0.2, 0) is 16.0 Å². The van der Waals surface area contributed by atoms with Crippen LogP contribution in [0, 0.1) is 0 Å². The lowest BCUT2D eigenvalue weighted by molar-refractivity contribution is -0.136. The average Bonchev–Trinajstić information content (AvgIpc) is 2.26. The number of aliphatic carboxylic acids is 1. The summed E-state index contributed by atoms with van der Waals surface area (Å²) in [7, 11) is 2.63. The quantitative estimate of drug-likeness (QED) is 0.751. The van der Waals surface area contributed by atoms with Gasteiger partial charge in [0.15, 0.2) is 0 Å². The predicted octanol–water partition coefficient (Wildman–Crippen LogP) is 0.504. The minimum atomic E-state index is -1.03. The van der Waals surface area contributed by atoms with Crippen molar-refractivity contribution in [2.75, 3.05) is 14.2 Å². The smallest absolute Gasteiger partial charge is 0.338 e. The Bertz CT molecular complexity index is 416. The summed E-state index contributed by atoms with van der Waals surface area (Å²) in [6, 6.07) is 2.75. The molecular formula is C10H11NO5. The molecule has 6 heteroatoms. The molecule has 1 heterocycles. The van der Waals surface area contributed by atoms with Crippen molar-refractivity contribution in [2.45, 2.75) is 6.42 Å². The van der Waals surface area contributed by atoms with Gasteiger partial charge in [0.2, 0.25) is 5.88 Å². The third kappa shape index (κ3) is 2.94. The maximum absolute atomic E-state index is 11.3. The van der Waals surface area contributed by atoms with Crippen LogP contribution in [0.25, 0.3) is 0 Å². The van der Waals surface area contributed by atoms with Gasteiger partial charge in [0.25, 0.3) is 0 Å². The number of carbonyl (C=O) groups excluding carboxylic acids is 1. The van der Waals surface area contributed by atoms with Gasteiger partial charge >= 0.3 is 11.9 Å². The molecule has 1 aromatic rings. The van der Waals surface area contributed by atoms with Crippen molar-refractivity contribution in [3.8, 4) is 5.88 Å². The third-order valence-electron chi connectivity index (χ3n) is 1.82. The van der Waals surface area contributed by atoms with Gasteiger partial charge in [-0.3, -0.25) is 4.79 Å². The Balaban J connectivity index is 3.10. The normalized spacial score (nSPS) is 9.62. The highest BCUT2D eigenvalue weighted by atomic mass is 16.5. The fourth-order valence-electron chi connectivity index (χ4n) is 1.15. The third-order valence-corrected chi connectivity index (χ3v) is 1.82. The first-order valence-electron chi connectivity index (χ1n) is 4.42. The Labute approximate surface area is 91.8 Å². The fraction of sp³-hybridized carbons (Fsp3) is 0.300. The van der Waals surface area contributed by atoms with Gasteiger partial charge in [-0.15, -0.1) is 0 Å². The van der Waals surface area contributed by atoms with E-state index in [1.165, 1.54) is 26.4 Å². The van der Waals surface area contributed by atoms with Crippen LogP contribution >= 0.6 is 0 Å². The van der Waals surface area contributed by atoms with Crippen molar-refractivity contribution in [3.05, 3.63) is 23.4 Å². The zero-order valence-electron chi connectivity index (χ0n) is 8.89. The van der Waals surface area contributed by atoms with Gasteiger partial charge in [0.1, 0.15) is 0 Å². The molecule has 0 unspecified atom stereocenters. The molecule has 0 saturated heterocycles. The number of ether oxygens (including phenoxy) is 2. The van der Waals surface area contributed by atoms with E-state index in [1.54, 1.807) is 0 Å². The van der Waals surface area contributed by atoms with Crippen molar-refractivity contribution < 1.29 is 24.2 Å². The van der Waals surface area contributed by atoms with Crippen LogP contribution in [0.3, 0.4) is 0 Å². The molecule has 0 radical (unpaired) electrons. The monoisotopic (exact) mass is 225 g/mol. The number of carboxylic acid groups (broad SMARTS) is 1. The van der Waals surface area contributed by atoms with Crippen LogP contribution < -0.4 is 4.74 Å². The molecular weight excluding hydrogens is 214 g/mol. The van der Waals surface area contributed by atoms with E-state index in [4.69, 9.17) is 9.84 Å². The number of pyridine rings is 1. The molecule has 0 aliphatic carbocycles. The average molecular weight is 225 g/mol. The predicted molar refractivity (Wildman–Crippen MR) is 53.5 cm³/mol. The molecule has 0 aliphatic heterocycles. The standard InChI is InChI=1S/C10H11NO5/c1-15-8-4-6(10(14)16-2)3-7(11-8)5-9(12)13/h3-4H,5H2,1-2H3,(H,12,13). The lowest BCUT2D eigenvalue weighted by atomic mass is 10.2. The van der Waals surface area contributed by atoms with Crippen molar-refractivity contribution in [2.24, 2.45) is 0 Å². The number of nitrogens with zero attached hydrogens (tertiary/aromatic N) is 1. The lowest BCUT2D eigenvalue weighted by Crippen LogP contribution is -2.08. The summed E-state index contributed by atoms with van der Waals surface area (Å²) in [4.78, 5) is 25.7. The van der Waals surface area contributed by atoms with Crippen LogP contribution in [0.15, 0.2) is 12.1 Å². The van der Waals surface area contributed by atoms with Crippen LogP contribution in [0.5, 0.6) is 5.88 Å². The number of hydrogen-bond donors (Lipinski definition) is 1. The van der Waals surface area contributed by atoms with E-state index in [1.807, 2.05) is 0 Å². The number of carbonyl (C=O) groups is 2. The Kier molecular flexibility index (Phi) is 3.82. The van der Waals surface area contributed by atoms with Crippen LogP contribution in [0.4, 0.5) is 0 Å². The van der Waals surface area contributed by atoms with Gasteiger partial charge < -0.3 is 14.6 Å². The van der Waals surface area contributed by atoms with Gasteiger partial charge in [0.05, 0.1) is 31.9 Å². The highest BCUT2D eigenvalue weighted by molar-refractivity contribution is 5.90. The molecule has 6 nitrogen and oxygen atoms in total. The van der Waals surface area contributed by atoms with E-state index in [0.717, 1.165) is 0 Å². The highest BCUT2D eigenvalue weighted by Gasteiger charge is 2.12. The summed E-state index contributed by atoms with van der Waals surface area (Å²) in [6.45, 7) is 0. The van der Waals surface area contributed by atoms with Crippen molar-refractivity contribution in [1.29, 1.82) is 0 Å². The Morgan fingerprint density at radius 1 is 1.38 bits per heavy atom. The van der Waals surface area contributed by atoms with Crippen molar-refractivity contribution >= 4 is 11.9 Å². The first kappa shape index (κ1) is 12.0. The van der Waals surface area contributed by atoms with Crippen LogP contribution in [-0.4, -0.2) is 36.2 Å². The first-order chi connectivity index (χ1) is 7.56. The topological polar surface area (TPSA) is 85.7 Å². The van der Waals surface area contributed by atoms with Crippen LogP contribution in [0.1, 0.15) is 16.1 Å². The number of esters is 1. The van der Waals surface area contributed by atoms with E-state index in [-0.39, 0.29) is 23.6 Å². The van der Waals surface area contributed by atoms with E-state index < -0.39 is 11.9 Å². The molecule has 0 fully saturated rings. The summed E-state index contributed by atoms with van der Waals surface area (Å²) < 4.78 is 9.39. The summed E-state index contributed by atoms with van der Waals surface area (Å²) in [6.07, 6.45) is -0.277. The van der Waals surface area contributed by atoms with E-state index in [0.29, 0.717) is 0 Å². The molecule has 0 saturated carbocycles. The minimum Gasteiger partial charge on any atom is -0.481 e. The van der Waals surface area contributed by atoms with Gasteiger partial charge in [-0.2, -0.15) is 0 Å². The number of carboxylic acids is 1. The second-order valence-electron chi connectivity index (χ2n) is 2.95. The molecule has 86 valence electrons. The zero-order chi connectivity index (χ0) is 12.1. The van der Waals surface area contributed by atoms with Gasteiger partial charge in [-0.25, -0.2) is 9.78 Å². The van der Waals surface area contributed by atoms with E-state index >= 15 is 0 Å². The highest BCUT2D eigenvalue weighted by Crippen LogP contribution is 2.13. The number of hydrogen-bond acceptors (Lipinski definition) is 5. The van der Waals surface area contributed by atoms with E-state index in [2.05, 4.69) is 9.72 Å². The fourth-order valence-corrected chi connectivity index (χ4v) is 1.15. The summed E-state index contributed by atoms with van der Waals surface area (Å²) in [5, 5.41) is 8.62. The number of rotatable bonds is 4. The van der Waals surface area contributed by atoms with Gasteiger partial charge in [-0.1, -0.05) is 0 Å². The number of aromatic nitrogens is 1. The first-order valence-corrected chi connectivity index (χ1v) is 4.42.